The van der Waals surface area contributed by atoms with Gasteiger partial charge in [0, 0.05) is 15.7 Å². The van der Waals surface area contributed by atoms with Crippen LogP contribution in [0.3, 0.4) is 0 Å². The molecular formula is C21H19BrN2O3S. The topological polar surface area (TPSA) is 75.3 Å². The molecule has 0 radical (unpaired) electrons. The summed E-state index contributed by atoms with van der Waals surface area (Å²) in [6, 6.07) is 21.9. The number of nitrogens with one attached hydrogen (secondary N) is 2. The van der Waals surface area contributed by atoms with E-state index in [1.165, 1.54) is 12.1 Å². The van der Waals surface area contributed by atoms with E-state index in [4.69, 9.17) is 0 Å². The van der Waals surface area contributed by atoms with Gasteiger partial charge in [-0.25, -0.2) is 8.42 Å². The quantitative estimate of drug-likeness (QED) is 0.559. The smallest absolute Gasteiger partial charge is 0.261 e. The third kappa shape index (κ3) is 4.79. The summed E-state index contributed by atoms with van der Waals surface area (Å²) >= 11 is 3.48. The van der Waals surface area contributed by atoms with Crippen LogP contribution >= 0.6 is 15.9 Å². The predicted molar refractivity (Wildman–Crippen MR) is 114 cm³/mol. The lowest BCUT2D eigenvalue weighted by Crippen LogP contribution is -2.26. The summed E-state index contributed by atoms with van der Waals surface area (Å²) in [4.78, 5) is 12.7. The molecule has 2 N–H and O–H groups in total. The van der Waals surface area contributed by atoms with Gasteiger partial charge in [0.1, 0.15) is 0 Å². The molecule has 7 heteroatoms. The Hall–Kier alpha value is -2.64. The van der Waals surface area contributed by atoms with Gasteiger partial charge in [-0.05, 0) is 55.0 Å². The standard InChI is InChI=1S/C21H19BrN2O3S/c1-15(19-9-5-6-10-20(19)22)23-21(25)16-11-13-17(14-12-16)24-28(26,27)18-7-3-2-4-8-18/h2-15,24H,1H3,(H,23,25). The molecule has 1 amide bonds. The van der Waals surface area contributed by atoms with Crippen LogP contribution in [-0.4, -0.2) is 14.3 Å². The molecule has 0 aliphatic heterocycles. The van der Waals surface area contributed by atoms with Gasteiger partial charge in [-0.1, -0.05) is 52.3 Å². The van der Waals surface area contributed by atoms with Crippen molar-refractivity contribution >= 4 is 37.5 Å². The maximum atomic E-state index is 12.5. The van der Waals surface area contributed by atoms with Crippen molar-refractivity contribution in [2.45, 2.75) is 17.9 Å². The highest BCUT2D eigenvalue weighted by atomic mass is 79.9. The van der Waals surface area contributed by atoms with Gasteiger partial charge in [0.25, 0.3) is 15.9 Å². The Morgan fingerprint density at radius 2 is 1.50 bits per heavy atom. The van der Waals surface area contributed by atoms with E-state index in [-0.39, 0.29) is 16.8 Å². The van der Waals surface area contributed by atoms with Crippen LogP contribution in [0.1, 0.15) is 28.9 Å². The van der Waals surface area contributed by atoms with E-state index in [1.807, 2.05) is 31.2 Å². The zero-order chi connectivity index (χ0) is 20.1. The molecule has 0 spiro atoms. The SMILES string of the molecule is CC(NC(=O)c1ccc(NS(=O)(=O)c2ccccc2)cc1)c1ccccc1Br. The van der Waals surface area contributed by atoms with Crippen molar-refractivity contribution in [1.82, 2.24) is 5.32 Å². The first kappa shape index (κ1) is 20.1. The first-order chi connectivity index (χ1) is 13.4. The second kappa shape index (κ2) is 8.58. The molecule has 1 atom stereocenters. The molecule has 0 aliphatic rings. The van der Waals surface area contributed by atoms with Gasteiger partial charge in [0.05, 0.1) is 10.9 Å². The average Bonchev–Trinajstić information content (AvgIpc) is 2.69. The number of carbonyl (C=O) groups is 1. The van der Waals surface area contributed by atoms with Crippen molar-refractivity contribution < 1.29 is 13.2 Å². The Kier molecular flexibility index (Phi) is 6.16. The van der Waals surface area contributed by atoms with Crippen LogP contribution in [0.4, 0.5) is 5.69 Å². The molecule has 0 bridgehead atoms. The largest absolute Gasteiger partial charge is 0.345 e. The third-order valence-corrected chi connectivity index (χ3v) is 6.29. The van der Waals surface area contributed by atoms with Gasteiger partial charge in [0.15, 0.2) is 0 Å². The molecule has 28 heavy (non-hydrogen) atoms. The molecule has 144 valence electrons. The van der Waals surface area contributed by atoms with Gasteiger partial charge in [-0.3, -0.25) is 9.52 Å². The number of benzene rings is 3. The summed E-state index contributed by atoms with van der Waals surface area (Å²) in [6.07, 6.45) is 0. The number of halogens is 1. The van der Waals surface area contributed by atoms with E-state index < -0.39 is 10.0 Å². The summed E-state index contributed by atoms with van der Waals surface area (Å²) in [7, 11) is -3.66. The van der Waals surface area contributed by atoms with E-state index in [0.717, 1.165) is 10.0 Å². The van der Waals surface area contributed by atoms with E-state index in [1.54, 1.807) is 42.5 Å². The molecule has 0 saturated heterocycles. The van der Waals surface area contributed by atoms with Crippen molar-refractivity contribution in [3.63, 3.8) is 0 Å². The van der Waals surface area contributed by atoms with Crippen molar-refractivity contribution in [1.29, 1.82) is 0 Å². The summed E-state index contributed by atoms with van der Waals surface area (Å²) < 4.78 is 28.2. The van der Waals surface area contributed by atoms with E-state index in [0.29, 0.717) is 11.3 Å². The molecule has 5 nitrogen and oxygen atoms in total. The van der Waals surface area contributed by atoms with Crippen LogP contribution in [-0.2, 0) is 10.0 Å². The fourth-order valence-electron chi connectivity index (χ4n) is 2.69. The molecule has 0 fully saturated rings. The van der Waals surface area contributed by atoms with Crippen molar-refractivity contribution in [2.75, 3.05) is 4.72 Å². The fourth-order valence-corrected chi connectivity index (χ4v) is 4.40. The Balaban J connectivity index is 1.69. The molecule has 0 aromatic heterocycles. The second-order valence-corrected chi connectivity index (χ2v) is 8.75. The highest BCUT2D eigenvalue weighted by Crippen LogP contribution is 2.23. The van der Waals surface area contributed by atoms with Gasteiger partial charge in [-0.2, -0.15) is 0 Å². The molecular weight excluding hydrogens is 440 g/mol. The number of sulfonamides is 1. The lowest BCUT2D eigenvalue weighted by molar-refractivity contribution is 0.0940. The third-order valence-electron chi connectivity index (χ3n) is 4.17. The van der Waals surface area contributed by atoms with E-state index in [2.05, 4.69) is 26.0 Å². The van der Waals surface area contributed by atoms with Crippen molar-refractivity contribution in [3.8, 4) is 0 Å². The zero-order valence-corrected chi connectivity index (χ0v) is 17.5. The first-order valence-electron chi connectivity index (χ1n) is 8.60. The van der Waals surface area contributed by atoms with Gasteiger partial charge in [0.2, 0.25) is 0 Å². The van der Waals surface area contributed by atoms with Gasteiger partial charge >= 0.3 is 0 Å². The minimum absolute atomic E-state index is 0.180. The normalized spacial score (nSPS) is 12.2. The minimum atomic E-state index is -3.66. The maximum Gasteiger partial charge on any atom is 0.261 e. The monoisotopic (exact) mass is 458 g/mol. The van der Waals surface area contributed by atoms with E-state index in [9.17, 15) is 13.2 Å². The molecule has 0 aliphatic carbocycles. The highest BCUT2D eigenvalue weighted by molar-refractivity contribution is 9.10. The Bertz CT molecular complexity index is 1070. The number of carbonyl (C=O) groups excluding carboxylic acids is 1. The number of anilines is 1. The lowest BCUT2D eigenvalue weighted by Gasteiger charge is -2.16. The summed E-state index contributed by atoms with van der Waals surface area (Å²) in [6.45, 7) is 1.90. The molecule has 0 saturated carbocycles. The second-order valence-electron chi connectivity index (χ2n) is 6.21. The van der Waals surface area contributed by atoms with Crippen molar-refractivity contribution in [2.24, 2.45) is 0 Å². The van der Waals surface area contributed by atoms with Crippen LogP contribution in [0, 0.1) is 0 Å². The minimum Gasteiger partial charge on any atom is -0.345 e. The van der Waals surface area contributed by atoms with Crippen LogP contribution < -0.4 is 10.0 Å². The summed E-state index contributed by atoms with van der Waals surface area (Å²) in [5.74, 6) is -0.235. The molecule has 0 heterocycles. The van der Waals surface area contributed by atoms with Crippen LogP contribution in [0.25, 0.3) is 0 Å². The Labute approximate surface area is 173 Å². The number of rotatable bonds is 6. The number of hydrogen-bond acceptors (Lipinski definition) is 3. The predicted octanol–water partition coefficient (Wildman–Crippen LogP) is 4.74. The average molecular weight is 459 g/mol. The molecule has 1 unspecified atom stereocenters. The summed E-state index contributed by atoms with van der Waals surface area (Å²) in [5, 5.41) is 2.94. The highest BCUT2D eigenvalue weighted by Gasteiger charge is 2.15. The van der Waals surface area contributed by atoms with E-state index >= 15 is 0 Å². The number of hydrogen-bond donors (Lipinski definition) is 2. The van der Waals surface area contributed by atoms with Crippen LogP contribution in [0.2, 0.25) is 0 Å². The lowest BCUT2D eigenvalue weighted by atomic mass is 10.1. The van der Waals surface area contributed by atoms with Crippen molar-refractivity contribution in [3.05, 3.63) is 94.5 Å². The van der Waals surface area contributed by atoms with Gasteiger partial charge < -0.3 is 5.32 Å². The number of amides is 1. The van der Waals surface area contributed by atoms with Crippen LogP contribution in [0.15, 0.2) is 88.2 Å². The molecule has 3 rings (SSSR count). The first-order valence-corrected chi connectivity index (χ1v) is 10.9. The molecule has 3 aromatic carbocycles. The van der Waals surface area contributed by atoms with Crippen LogP contribution in [0.5, 0.6) is 0 Å². The fraction of sp³-hybridized carbons (Fsp3) is 0.0952. The maximum absolute atomic E-state index is 12.5. The Morgan fingerprint density at radius 1 is 0.893 bits per heavy atom. The zero-order valence-electron chi connectivity index (χ0n) is 15.1. The Morgan fingerprint density at radius 3 is 2.14 bits per heavy atom. The van der Waals surface area contributed by atoms with Gasteiger partial charge in [-0.15, -0.1) is 0 Å². The molecule has 3 aromatic rings. The summed E-state index contributed by atoms with van der Waals surface area (Å²) in [5.41, 5.74) is 1.81.